The van der Waals surface area contributed by atoms with E-state index in [9.17, 15) is 23.1 Å². The van der Waals surface area contributed by atoms with E-state index in [1.54, 1.807) is 37.2 Å². The number of likely N-dealkylation sites (N-methyl/N-ethyl adjacent to an activating group) is 1. The van der Waals surface area contributed by atoms with Crippen molar-refractivity contribution >= 4 is 21.8 Å². The van der Waals surface area contributed by atoms with Crippen LogP contribution >= 0.6 is 0 Å². The number of benzene rings is 2. The first kappa shape index (κ1) is 34.4. The van der Waals surface area contributed by atoms with Gasteiger partial charge in [-0.1, -0.05) is 83.1 Å². The zero-order valence-electron chi connectivity index (χ0n) is 25.5. The van der Waals surface area contributed by atoms with Gasteiger partial charge in [0.1, 0.15) is 6.04 Å². The number of nitrogens with zero attached hydrogens (tertiary/aromatic N) is 2. The van der Waals surface area contributed by atoms with Crippen LogP contribution < -0.4 is 10.6 Å². The number of sulfonamides is 1. The van der Waals surface area contributed by atoms with Gasteiger partial charge in [-0.2, -0.15) is 4.31 Å². The topological polar surface area (TPSA) is 119 Å². The molecule has 0 aliphatic rings. The third-order valence-electron chi connectivity index (χ3n) is 6.71. The second kappa shape index (κ2) is 15.4. The number of carbonyl (C=O) groups excluding carboxylic acids is 2. The van der Waals surface area contributed by atoms with E-state index in [-0.39, 0.29) is 42.8 Å². The zero-order valence-corrected chi connectivity index (χ0v) is 26.3. The highest BCUT2D eigenvalue weighted by Gasteiger charge is 2.36. The SMILES string of the molecule is CC(C)CCN(C[C@@H](O)[C@H](Cc1ccccc1)NC(=O)[C@@H](NC(=O)CN(C)C)C(C)(C)C)S(=O)(=O)c1ccccc1. The molecule has 10 heteroatoms. The fourth-order valence-corrected chi connectivity index (χ4v) is 5.87. The molecule has 2 aromatic carbocycles. The maximum Gasteiger partial charge on any atom is 0.243 e. The lowest BCUT2D eigenvalue weighted by molar-refractivity contribution is -0.132. The standard InChI is InChI=1S/C31H48N4O5S/c1-23(2)18-19-35(41(39,40)25-16-12-9-13-17-25)21-27(36)26(20-24-14-10-8-11-15-24)32-30(38)29(31(3,4)5)33-28(37)22-34(6)7/h8-17,23,26-27,29,36H,18-22H2,1-7H3,(H,32,38)(H,33,37)/t26-,27+,29+/m0/s1. The summed E-state index contributed by atoms with van der Waals surface area (Å²) in [4.78, 5) is 28.1. The van der Waals surface area contributed by atoms with Crippen molar-refractivity contribution in [2.45, 2.75) is 70.5 Å². The highest BCUT2D eigenvalue weighted by atomic mass is 32.2. The summed E-state index contributed by atoms with van der Waals surface area (Å²) in [5.41, 5.74) is 0.259. The summed E-state index contributed by atoms with van der Waals surface area (Å²) in [6.45, 7) is 9.75. The molecule has 0 unspecified atom stereocenters. The van der Waals surface area contributed by atoms with Crippen molar-refractivity contribution in [1.29, 1.82) is 0 Å². The summed E-state index contributed by atoms with van der Waals surface area (Å²) in [6, 6.07) is 15.9. The molecule has 41 heavy (non-hydrogen) atoms. The molecular weight excluding hydrogens is 540 g/mol. The molecule has 0 saturated carbocycles. The first-order valence-corrected chi connectivity index (χ1v) is 15.6. The van der Waals surface area contributed by atoms with E-state index < -0.39 is 39.5 Å². The van der Waals surface area contributed by atoms with Crippen molar-refractivity contribution in [3.8, 4) is 0 Å². The fraction of sp³-hybridized carbons (Fsp3) is 0.548. The summed E-state index contributed by atoms with van der Waals surface area (Å²) in [7, 11) is -0.354. The van der Waals surface area contributed by atoms with E-state index in [2.05, 4.69) is 10.6 Å². The van der Waals surface area contributed by atoms with Gasteiger partial charge in [0, 0.05) is 13.1 Å². The highest BCUT2D eigenvalue weighted by molar-refractivity contribution is 7.89. The maximum absolute atomic E-state index is 13.7. The second-order valence-electron chi connectivity index (χ2n) is 12.3. The van der Waals surface area contributed by atoms with Gasteiger partial charge in [-0.05, 0) is 56.0 Å². The molecule has 3 atom stereocenters. The van der Waals surface area contributed by atoms with Crippen LogP contribution in [0.3, 0.4) is 0 Å². The maximum atomic E-state index is 13.7. The van der Waals surface area contributed by atoms with Gasteiger partial charge >= 0.3 is 0 Å². The van der Waals surface area contributed by atoms with Crippen LogP contribution in [0.25, 0.3) is 0 Å². The van der Waals surface area contributed by atoms with Gasteiger partial charge in [0.25, 0.3) is 0 Å². The summed E-state index contributed by atoms with van der Waals surface area (Å²) < 4.78 is 28.5. The van der Waals surface area contributed by atoms with Crippen LogP contribution in [0.4, 0.5) is 0 Å². The molecular formula is C31H48N4O5S. The normalized spacial score (nSPS) is 14.6. The van der Waals surface area contributed by atoms with Crippen LogP contribution in [0.2, 0.25) is 0 Å². The van der Waals surface area contributed by atoms with Crippen LogP contribution in [0.15, 0.2) is 65.6 Å². The van der Waals surface area contributed by atoms with Crippen LogP contribution in [0, 0.1) is 11.3 Å². The number of nitrogens with one attached hydrogen (secondary N) is 2. The van der Waals surface area contributed by atoms with E-state index in [1.807, 2.05) is 65.0 Å². The average molecular weight is 589 g/mol. The molecule has 0 bridgehead atoms. The Bertz CT molecular complexity index is 1200. The molecule has 0 spiro atoms. The number of aliphatic hydroxyl groups excluding tert-OH is 1. The number of hydrogen-bond acceptors (Lipinski definition) is 6. The van der Waals surface area contributed by atoms with Crippen LogP contribution in [0.1, 0.15) is 46.6 Å². The Kier molecular flexibility index (Phi) is 13.0. The number of amides is 2. The second-order valence-corrected chi connectivity index (χ2v) is 14.3. The Labute approximate surface area is 246 Å². The molecule has 0 saturated heterocycles. The van der Waals surface area contributed by atoms with Crippen molar-refractivity contribution < 1.29 is 23.1 Å². The third-order valence-corrected chi connectivity index (χ3v) is 8.59. The number of aliphatic hydroxyl groups is 1. The Hall–Kier alpha value is -2.79. The van der Waals surface area contributed by atoms with Gasteiger partial charge in [-0.25, -0.2) is 8.42 Å². The largest absolute Gasteiger partial charge is 0.390 e. The number of carbonyl (C=O) groups is 2. The minimum atomic E-state index is -3.89. The van der Waals surface area contributed by atoms with E-state index >= 15 is 0 Å². The number of rotatable bonds is 15. The van der Waals surface area contributed by atoms with Crippen LogP contribution in [-0.4, -0.2) is 86.5 Å². The summed E-state index contributed by atoms with van der Waals surface area (Å²) in [6.07, 6.45) is -0.332. The zero-order chi connectivity index (χ0) is 30.8. The smallest absolute Gasteiger partial charge is 0.243 e. The van der Waals surface area contributed by atoms with E-state index in [4.69, 9.17) is 0 Å². The first-order chi connectivity index (χ1) is 19.1. The molecule has 0 heterocycles. The van der Waals surface area contributed by atoms with Gasteiger partial charge in [-0.3, -0.25) is 9.59 Å². The predicted octanol–water partition coefficient (Wildman–Crippen LogP) is 2.90. The van der Waals surface area contributed by atoms with E-state index in [1.165, 1.54) is 16.4 Å². The lowest BCUT2D eigenvalue weighted by Gasteiger charge is -2.34. The Morgan fingerprint density at radius 3 is 2.00 bits per heavy atom. The first-order valence-electron chi connectivity index (χ1n) is 14.1. The third kappa shape index (κ3) is 11.2. The summed E-state index contributed by atoms with van der Waals surface area (Å²) in [5.74, 6) is -0.484. The Morgan fingerprint density at radius 2 is 1.49 bits per heavy atom. The van der Waals surface area contributed by atoms with E-state index in [0.29, 0.717) is 6.42 Å². The van der Waals surface area contributed by atoms with Gasteiger partial charge < -0.3 is 20.6 Å². The molecule has 9 nitrogen and oxygen atoms in total. The molecule has 228 valence electrons. The quantitative estimate of drug-likeness (QED) is 0.295. The molecule has 0 aromatic heterocycles. The van der Waals surface area contributed by atoms with Crippen molar-refractivity contribution in [1.82, 2.24) is 19.8 Å². The van der Waals surface area contributed by atoms with Crippen molar-refractivity contribution in [3.05, 3.63) is 66.2 Å². The molecule has 0 radical (unpaired) electrons. The predicted molar refractivity (Wildman–Crippen MR) is 163 cm³/mol. The number of hydrogen-bond donors (Lipinski definition) is 3. The van der Waals surface area contributed by atoms with Gasteiger partial charge in [0.15, 0.2) is 0 Å². The minimum absolute atomic E-state index is 0.123. The monoisotopic (exact) mass is 588 g/mol. The Morgan fingerprint density at radius 1 is 0.927 bits per heavy atom. The molecule has 2 rings (SSSR count). The molecule has 3 N–H and O–H groups in total. The molecule has 0 aliphatic carbocycles. The fourth-order valence-electron chi connectivity index (χ4n) is 4.38. The molecule has 2 amide bonds. The lowest BCUT2D eigenvalue weighted by atomic mass is 9.85. The average Bonchev–Trinajstić information content (AvgIpc) is 2.89. The Balaban J connectivity index is 2.38. The molecule has 0 fully saturated rings. The lowest BCUT2D eigenvalue weighted by Crippen LogP contribution is -2.59. The molecule has 0 aliphatic heterocycles. The van der Waals surface area contributed by atoms with Gasteiger partial charge in [-0.15, -0.1) is 0 Å². The van der Waals surface area contributed by atoms with Crippen molar-refractivity contribution in [2.24, 2.45) is 11.3 Å². The molecule has 2 aromatic rings. The van der Waals surface area contributed by atoms with Crippen molar-refractivity contribution in [2.75, 3.05) is 33.7 Å². The summed E-state index contributed by atoms with van der Waals surface area (Å²) in [5, 5.41) is 17.3. The highest BCUT2D eigenvalue weighted by Crippen LogP contribution is 2.22. The van der Waals surface area contributed by atoms with Crippen LogP contribution in [-0.2, 0) is 26.0 Å². The summed E-state index contributed by atoms with van der Waals surface area (Å²) >= 11 is 0. The van der Waals surface area contributed by atoms with Crippen molar-refractivity contribution in [3.63, 3.8) is 0 Å². The van der Waals surface area contributed by atoms with Gasteiger partial charge in [0.05, 0.1) is 23.6 Å². The minimum Gasteiger partial charge on any atom is -0.390 e. The van der Waals surface area contributed by atoms with E-state index in [0.717, 1.165) is 5.56 Å². The van der Waals surface area contributed by atoms with Gasteiger partial charge in [0.2, 0.25) is 21.8 Å². The van der Waals surface area contributed by atoms with Crippen LogP contribution in [0.5, 0.6) is 0 Å².